The third-order valence-electron chi connectivity index (χ3n) is 4.47. The summed E-state index contributed by atoms with van der Waals surface area (Å²) in [5.74, 6) is 0.607. The van der Waals surface area contributed by atoms with Gasteiger partial charge >= 0.3 is 0 Å². The molecular weight excluding hydrogens is 184 g/mol. The lowest BCUT2D eigenvalue weighted by Crippen LogP contribution is -2.45. The van der Waals surface area contributed by atoms with E-state index >= 15 is 0 Å². The summed E-state index contributed by atoms with van der Waals surface area (Å²) in [6, 6.07) is 0. The van der Waals surface area contributed by atoms with Gasteiger partial charge in [-0.25, -0.2) is 0 Å². The highest BCUT2D eigenvalue weighted by Crippen LogP contribution is 2.56. The summed E-state index contributed by atoms with van der Waals surface area (Å²) in [6.07, 6.45) is 7.41. The van der Waals surface area contributed by atoms with Crippen LogP contribution in [0.4, 0.5) is 0 Å². The zero-order valence-electron chi connectivity index (χ0n) is 9.97. The Morgan fingerprint density at radius 3 is 2.67 bits per heavy atom. The lowest BCUT2D eigenvalue weighted by Gasteiger charge is -2.51. The van der Waals surface area contributed by atoms with Gasteiger partial charge in [0.15, 0.2) is 5.78 Å². The number of rotatable bonds is 0. The zero-order chi connectivity index (χ0) is 11.3. The fourth-order valence-corrected chi connectivity index (χ4v) is 3.46. The van der Waals surface area contributed by atoms with Crippen molar-refractivity contribution in [2.45, 2.75) is 40.0 Å². The largest absolute Gasteiger partial charge is 0.290 e. The molecule has 2 aliphatic carbocycles. The summed E-state index contributed by atoms with van der Waals surface area (Å²) >= 11 is 0. The van der Waals surface area contributed by atoms with E-state index in [0.717, 1.165) is 12.0 Å². The molecule has 15 heavy (non-hydrogen) atoms. The van der Waals surface area contributed by atoms with Crippen LogP contribution in [0.3, 0.4) is 0 Å². The van der Waals surface area contributed by atoms with E-state index in [9.17, 15) is 4.79 Å². The van der Waals surface area contributed by atoms with Gasteiger partial charge in [-0.3, -0.25) is 4.79 Å². The SMILES string of the molecule is C=C1C(=O)C=C[C@@H]2C(C)(C)CCC[C@@]12C. The zero-order valence-corrected chi connectivity index (χ0v) is 9.97. The van der Waals surface area contributed by atoms with Crippen LogP contribution < -0.4 is 0 Å². The molecule has 0 amide bonds. The lowest BCUT2D eigenvalue weighted by molar-refractivity contribution is -0.114. The van der Waals surface area contributed by atoms with Crippen LogP contribution in [-0.4, -0.2) is 5.78 Å². The summed E-state index contributed by atoms with van der Waals surface area (Å²) in [4.78, 5) is 11.7. The van der Waals surface area contributed by atoms with Crippen molar-refractivity contribution in [2.24, 2.45) is 16.7 Å². The highest BCUT2D eigenvalue weighted by molar-refractivity contribution is 6.05. The molecule has 0 aromatic heterocycles. The topological polar surface area (TPSA) is 17.1 Å². The van der Waals surface area contributed by atoms with Crippen LogP contribution in [0.15, 0.2) is 24.3 Å². The summed E-state index contributed by atoms with van der Waals surface area (Å²) in [7, 11) is 0. The molecule has 0 spiro atoms. The molecule has 0 aromatic rings. The van der Waals surface area contributed by atoms with Crippen LogP contribution in [0.1, 0.15) is 40.0 Å². The Bertz CT molecular complexity index is 348. The number of hydrogen-bond acceptors (Lipinski definition) is 1. The number of hydrogen-bond donors (Lipinski definition) is 0. The maximum atomic E-state index is 11.7. The van der Waals surface area contributed by atoms with Crippen molar-refractivity contribution in [3.05, 3.63) is 24.3 Å². The van der Waals surface area contributed by atoms with Crippen molar-refractivity contribution < 1.29 is 4.79 Å². The fraction of sp³-hybridized carbons (Fsp3) is 0.643. The lowest BCUT2D eigenvalue weighted by atomic mass is 9.52. The van der Waals surface area contributed by atoms with E-state index < -0.39 is 0 Å². The second-order valence-corrected chi connectivity index (χ2v) is 5.94. The van der Waals surface area contributed by atoms with E-state index in [1.807, 2.05) is 0 Å². The maximum Gasteiger partial charge on any atom is 0.181 e. The quantitative estimate of drug-likeness (QED) is 0.552. The molecule has 82 valence electrons. The van der Waals surface area contributed by atoms with Gasteiger partial charge in [-0.1, -0.05) is 39.8 Å². The normalized spacial score (nSPS) is 39.0. The molecule has 0 aromatic carbocycles. The second-order valence-electron chi connectivity index (χ2n) is 5.94. The third kappa shape index (κ3) is 1.40. The average Bonchev–Trinajstić information content (AvgIpc) is 2.12. The average molecular weight is 204 g/mol. The number of carbonyl (C=O) groups is 1. The minimum absolute atomic E-state index is 0.00752. The first-order chi connectivity index (χ1) is 6.88. The Hall–Kier alpha value is -0.850. The summed E-state index contributed by atoms with van der Waals surface area (Å²) < 4.78 is 0. The van der Waals surface area contributed by atoms with Crippen LogP contribution >= 0.6 is 0 Å². The Morgan fingerprint density at radius 1 is 1.33 bits per heavy atom. The van der Waals surface area contributed by atoms with Crippen LogP contribution in [0.5, 0.6) is 0 Å². The van der Waals surface area contributed by atoms with Gasteiger partial charge in [0.2, 0.25) is 0 Å². The van der Waals surface area contributed by atoms with Gasteiger partial charge in [-0.05, 0) is 35.8 Å². The summed E-state index contributed by atoms with van der Waals surface area (Å²) in [6.45, 7) is 10.8. The maximum absolute atomic E-state index is 11.7. The van der Waals surface area contributed by atoms with Gasteiger partial charge in [0.1, 0.15) is 0 Å². The van der Waals surface area contributed by atoms with Gasteiger partial charge < -0.3 is 0 Å². The molecule has 1 saturated carbocycles. The van der Waals surface area contributed by atoms with E-state index in [1.165, 1.54) is 12.8 Å². The highest BCUT2D eigenvalue weighted by atomic mass is 16.1. The van der Waals surface area contributed by atoms with Crippen molar-refractivity contribution in [1.82, 2.24) is 0 Å². The number of ketones is 1. The van der Waals surface area contributed by atoms with Gasteiger partial charge in [-0.15, -0.1) is 0 Å². The Morgan fingerprint density at radius 2 is 2.00 bits per heavy atom. The van der Waals surface area contributed by atoms with Gasteiger partial charge in [0.05, 0.1) is 0 Å². The molecular formula is C14H20O. The molecule has 0 heterocycles. The first kappa shape index (κ1) is 10.7. The van der Waals surface area contributed by atoms with E-state index in [0.29, 0.717) is 11.3 Å². The molecule has 0 bridgehead atoms. The van der Waals surface area contributed by atoms with Crippen LogP contribution in [0, 0.1) is 16.7 Å². The van der Waals surface area contributed by atoms with Crippen molar-refractivity contribution in [2.75, 3.05) is 0 Å². The Balaban J connectivity index is 2.48. The molecule has 0 radical (unpaired) electrons. The molecule has 0 N–H and O–H groups in total. The minimum atomic E-state index is 0.00752. The fourth-order valence-electron chi connectivity index (χ4n) is 3.46. The standard InChI is InChI=1S/C14H20O/c1-10-11(15)6-7-12-13(2,3)8-5-9-14(10,12)4/h6-7,12H,1,5,8-9H2,2-4H3/t12-,14+/m1/s1. The summed E-state index contributed by atoms with van der Waals surface area (Å²) in [5.41, 5.74) is 1.13. The molecule has 1 heteroatoms. The van der Waals surface area contributed by atoms with Crippen LogP contribution in [0.25, 0.3) is 0 Å². The van der Waals surface area contributed by atoms with Crippen molar-refractivity contribution >= 4 is 5.78 Å². The van der Waals surface area contributed by atoms with Crippen LogP contribution in [0.2, 0.25) is 0 Å². The highest BCUT2D eigenvalue weighted by Gasteiger charge is 2.49. The minimum Gasteiger partial charge on any atom is -0.290 e. The van der Waals surface area contributed by atoms with E-state index in [-0.39, 0.29) is 11.2 Å². The molecule has 0 saturated heterocycles. The number of fused-ring (bicyclic) bond motifs is 1. The molecule has 2 rings (SSSR count). The van der Waals surface area contributed by atoms with Crippen molar-refractivity contribution in [1.29, 1.82) is 0 Å². The van der Waals surface area contributed by atoms with Gasteiger partial charge in [0, 0.05) is 5.41 Å². The number of allylic oxidation sites excluding steroid dienone is 3. The second kappa shape index (κ2) is 3.07. The molecule has 2 aliphatic rings. The van der Waals surface area contributed by atoms with E-state index in [2.05, 4.69) is 33.4 Å². The summed E-state index contributed by atoms with van der Waals surface area (Å²) in [5, 5.41) is 0. The van der Waals surface area contributed by atoms with Crippen LogP contribution in [-0.2, 0) is 4.79 Å². The van der Waals surface area contributed by atoms with Gasteiger partial charge in [-0.2, -0.15) is 0 Å². The molecule has 1 fully saturated rings. The molecule has 0 unspecified atom stereocenters. The molecule has 2 atom stereocenters. The molecule has 0 aliphatic heterocycles. The third-order valence-corrected chi connectivity index (χ3v) is 4.47. The first-order valence-corrected chi connectivity index (χ1v) is 5.80. The Kier molecular flexibility index (Phi) is 2.18. The predicted molar refractivity (Wildman–Crippen MR) is 62.5 cm³/mol. The van der Waals surface area contributed by atoms with Crippen molar-refractivity contribution in [3.8, 4) is 0 Å². The Labute approximate surface area is 92.3 Å². The van der Waals surface area contributed by atoms with E-state index in [1.54, 1.807) is 6.08 Å². The predicted octanol–water partition coefficient (Wildman–Crippen LogP) is 3.51. The monoisotopic (exact) mass is 204 g/mol. The molecule has 1 nitrogen and oxygen atoms in total. The van der Waals surface area contributed by atoms with E-state index in [4.69, 9.17) is 0 Å². The smallest absolute Gasteiger partial charge is 0.181 e. The van der Waals surface area contributed by atoms with Crippen molar-refractivity contribution in [3.63, 3.8) is 0 Å². The number of carbonyl (C=O) groups excluding carboxylic acids is 1. The first-order valence-electron chi connectivity index (χ1n) is 5.80. The van der Waals surface area contributed by atoms with Gasteiger partial charge in [0.25, 0.3) is 0 Å².